The van der Waals surface area contributed by atoms with Gasteiger partial charge in [-0.1, -0.05) is 30.3 Å². The van der Waals surface area contributed by atoms with E-state index < -0.39 is 23.0 Å². The fourth-order valence-electron chi connectivity index (χ4n) is 3.55. The van der Waals surface area contributed by atoms with Gasteiger partial charge in [0.15, 0.2) is 11.5 Å². The van der Waals surface area contributed by atoms with Crippen LogP contribution in [0.3, 0.4) is 0 Å². The lowest BCUT2D eigenvalue weighted by atomic mass is 9.85. The van der Waals surface area contributed by atoms with E-state index >= 15 is 0 Å². The summed E-state index contributed by atoms with van der Waals surface area (Å²) < 4.78 is 39.8. The molecule has 0 aliphatic carbocycles. The molecule has 1 atom stereocenters. The van der Waals surface area contributed by atoms with Crippen molar-refractivity contribution < 1.29 is 22.8 Å². The number of Topliss-reactive ketones (excluding diaryl/α,β-unsaturated/α-hetero) is 1. The molecule has 0 spiro atoms. The van der Waals surface area contributed by atoms with Crippen molar-refractivity contribution in [3.8, 4) is 0 Å². The summed E-state index contributed by atoms with van der Waals surface area (Å²) in [5, 5.41) is 8.68. The van der Waals surface area contributed by atoms with Crippen molar-refractivity contribution in [1.29, 1.82) is 0 Å². The van der Waals surface area contributed by atoms with Crippen molar-refractivity contribution >= 4 is 28.8 Å². The molecule has 2 aromatic rings. The number of alkyl halides is 3. The Morgan fingerprint density at radius 2 is 1.88 bits per heavy atom. The summed E-state index contributed by atoms with van der Waals surface area (Å²) in [5.41, 5.74) is -0.291. The summed E-state index contributed by atoms with van der Waals surface area (Å²) >= 11 is 0. The minimum Gasteiger partial charge on any atom is -0.326 e. The van der Waals surface area contributed by atoms with Gasteiger partial charge in [0.25, 0.3) is 0 Å². The molecular weight excluding hydrogens is 421 g/mol. The maximum Gasteiger partial charge on any atom is 0.407 e. The van der Waals surface area contributed by atoms with Gasteiger partial charge in [-0.15, -0.1) is 0 Å². The zero-order chi connectivity index (χ0) is 23.7. The number of likely N-dealkylation sites (N-methyl/N-ethyl adjacent to an activating group) is 1. The van der Waals surface area contributed by atoms with Gasteiger partial charge in [-0.25, -0.2) is 4.85 Å². The third kappa shape index (κ3) is 4.64. The third-order valence-corrected chi connectivity index (χ3v) is 5.49. The lowest BCUT2D eigenvalue weighted by Crippen LogP contribution is -2.46. The quantitative estimate of drug-likeness (QED) is 0.675. The minimum atomic E-state index is -4.67. The highest BCUT2D eigenvalue weighted by atomic mass is 19.4. The van der Waals surface area contributed by atoms with Gasteiger partial charge in [0.1, 0.15) is 5.54 Å². The van der Waals surface area contributed by atoms with Crippen LogP contribution in [0.5, 0.6) is 0 Å². The summed E-state index contributed by atoms with van der Waals surface area (Å²) in [5.74, 6) is -0.468. The van der Waals surface area contributed by atoms with Crippen LogP contribution in [0.15, 0.2) is 47.6 Å². The summed E-state index contributed by atoms with van der Waals surface area (Å²) in [4.78, 5) is 27.2. The number of nitrogens with zero attached hydrogens (tertiary/aromatic N) is 3. The van der Waals surface area contributed by atoms with Gasteiger partial charge < -0.3 is 5.32 Å². The van der Waals surface area contributed by atoms with Crippen LogP contribution in [-0.4, -0.2) is 35.0 Å². The van der Waals surface area contributed by atoms with Gasteiger partial charge in [-0.3, -0.25) is 14.6 Å². The minimum absolute atomic E-state index is 0.188. The molecule has 6 nitrogen and oxygen atoms in total. The molecule has 1 N–H and O–H groups in total. The number of carbonyl (C=O) groups is 2. The lowest BCUT2D eigenvalue weighted by molar-refractivity contribution is -0.137. The molecule has 0 aromatic heterocycles. The highest BCUT2D eigenvalue weighted by Crippen LogP contribution is 2.38. The Morgan fingerprint density at radius 1 is 1.22 bits per heavy atom. The van der Waals surface area contributed by atoms with E-state index in [1.165, 1.54) is 18.0 Å². The molecular formula is C23H21F3N4O2. The van der Waals surface area contributed by atoms with Crippen molar-refractivity contribution in [1.82, 2.24) is 5.01 Å². The standard InChI is InChI=1S/C23H21F3N4O2/c1-14(31)28-17-8-6-16(7-9-17)20-13-22(2,30(4)29-20)21(32)12-15-5-10-19(27-3)18(11-15)23(24,25)26/h5-11H,12-13H2,1-2,4H3,(H,28,31). The van der Waals surface area contributed by atoms with Gasteiger partial charge in [0.2, 0.25) is 5.91 Å². The zero-order valence-electron chi connectivity index (χ0n) is 17.7. The number of hydrogen-bond donors (Lipinski definition) is 1. The second-order valence-corrected chi connectivity index (χ2v) is 7.84. The number of nitrogens with one attached hydrogen (secondary N) is 1. The summed E-state index contributed by atoms with van der Waals surface area (Å²) in [7, 11) is 1.65. The molecule has 2 aromatic carbocycles. The zero-order valence-corrected chi connectivity index (χ0v) is 17.7. The van der Waals surface area contributed by atoms with Crippen LogP contribution in [0, 0.1) is 6.57 Å². The molecule has 1 aliphatic heterocycles. The van der Waals surface area contributed by atoms with E-state index in [9.17, 15) is 22.8 Å². The topological polar surface area (TPSA) is 66.1 Å². The Balaban J connectivity index is 1.78. The average Bonchev–Trinajstić information content (AvgIpc) is 3.03. The number of benzene rings is 2. The van der Waals surface area contributed by atoms with Crippen LogP contribution in [0.2, 0.25) is 0 Å². The van der Waals surface area contributed by atoms with E-state index in [4.69, 9.17) is 6.57 Å². The number of anilines is 1. The summed E-state index contributed by atoms with van der Waals surface area (Å²) in [6.45, 7) is 10.1. The summed E-state index contributed by atoms with van der Waals surface area (Å²) in [6.07, 6.45) is -4.60. The Kier molecular flexibility index (Phi) is 6.08. The number of hydrogen-bond acceptors (Lipinski definition) is 4. The Hall–Kier alpha value is -3.67. The molecule has 0 fully saturated rings. The van der Waals surface area contributed by atoms with Crippen molar-refractivity contribution in [2.24, 2.45) is 5.10 Å². The van der Waals surface area contributed by atoms with Crippen LogP contribution in [0.25, 0.3) is 4.85 Å². The first-order valence-corrected chi connectivity index (χ1v) is 9.74. The molecule has 0 radical (unpaired) electrons. The highest BCUT2D eigenvalue weighted by molar-refractivity contribution is 6.07. The van der Waals surface area contributed by atoms with Gasteiger partial charge in [-0.05, 0) is 30.2 Å². The van der Waals surface area contributed by atoms with Crippen LogP contribution in [0.4, 0.5) is 24.5 Å². The SMILES string of the molecule is [C-]#[N+]c1ccc(CC(=O)C2(C)CC(c3ccc(NC(C)=O)cc3)=NN2C)cc1C(F)(F)F. The first-order chi connectivity index (χ1) is 14.9. The van der Waals surface area contributed by atoms with E-state index in [0.29, 0.717) is 11.4 Å². The molecule has 3 rings (SSSR count). The van der Waals surface area contributed by atoms with Crippen molar-refractivity contribution in [3.63, 3.8) is 0 Å². The number of hydrazone groups is 1. The van der Waals surface area contributed by atoms with Crippen LogP contribution >= 0.6 is 0 Å². The van der Waals surface area contributed by atoms with Crippen LogP contribution < -0.4 is 5.32 Å². The van der Waals surface area contributed by atoms with Gasteiger partial charge in [0, 0.05) is 32.5 Å². The predicted molar refractivity (Wildman–Crippen MR) is 114 cm³/mol. The van der Waals surface area contributed by atoms with Crippen molar-refractivity contribution in [3.05, 3.63) is 70.6 Å². The van der Waals surface area contributed by atoms with Crippen LogP contribution in [-0.2, 0) is 22.2 Å². The number of amides is 1. The van der Waals surface area contributed by atoms with E-state index in [-0.39, 0.29) is 30.1 Å². The third-order valence-electron chi connectivity index (χ3n) is 5.49. The summed E-state index contributed by atoms with van der Waals surface area (Å²) in [6, 6.07) is 10.4. The molecule has 0 bridgehead atoms. The normalized spacial score (nSPS) is 18.2. The van der Waals surface area contributed by atoms with E-state index in [0.717, 1.165) is 17.7 Å². The van der Waals surface area contributed by atoms with E-state index in [1.54, 1.807) is 38.2 Å². The number of carbonyl (C=O) groups excluding carboxylic acids is 2. The first-order valence-electron chi connectivity index (χ1n) is 9.74. The second-order valence-electron chi connectivity index (χ2n) is 7.84. The maximum atomic E-state index is 13.3. The number of rotatable bonds is 5. The molecule has 1 aliphatic rings. The monoisotopic (exact) mass is 442 g/mol. The largest absolute Gasteiger partial charge is 0.407 e. The fraction of sp³-hybridized carbons (Fsp3) is 0.304. The van der Waals surface area contributed by atoms with Crippen molar-refractivity contribution in [2.45, 2.75) is 38.4 Å². The number of halogens is 3. The van der Waals surface area contributed by atoms with Crippen molar-refractivity contribution in [2.75, 3.05) is 12.4 Å². The molecule has 1 amide bonds. The molecule has 0 saturated carbocycles. The predicted octanol–water partition coefficient (Wildman–Crippen LogP) is 4.82. The smallest absolute Gasteiger partial charge is 0.326 e. The van der Waals surface area contributed by atoms with Gasteiger partial charge in [-0.2, -0.15) is 18.3 Å². The maximum absolute atomic E-state index is 13.3. The lowest BCUT2D eigenvalue weighted by Gasteiger charge is -2.30. The van der Waals surface area contributed by atoms with E-state index in [2.05, 4.69) is 15.3 Å². The Labute approximate surface area is 183 Å². The fourth-order valence-corrected chi connectivity index (χ4v) is 3.55. The molecule has 166 valence electrons. The van der Waals surface area contributed by atoms with E-state index in [1.807, 2.05) is 0 Å². The molecule has 1 unspecified atom stereocenters. The first kappa shape index (κ1) is 23.0. The van der Waals surface area contributed by atoms with Gasteiger partial charge >= 0.3 is 6.18 Å². The Morgan fingerprint density at radius 3 is 2.44 bits per heavy atom. The Bertz CT molecular complexity index is 1130. The second kappa shape index (κ2) is 8.46. The molecule has 9 heteroatoms. The average molecular weight is 442 g/mol. The molecule has 1 heterocycles. The molecule has 0 saturated heterocycles. The molecule has 32 heavy (non-hydrogen) atoms. The van der Waals surface area contributed by atoms with Crippen LogP contribution in [0.1, 0.15) is 37.0 Å². The number of ketones is 1. The van der Waals surface area contributed by atoms with Gasteiger partial charge in [0.05, 0.1) is 17.8 Å². The highest BCUT2D eigenvalue weighted by Gasteiger charge is 2.43.